The lowest BCUT2D eigenvalue weighted by Crippen LogP contribution is -2.38. The molecule has 162 valence electrons. The molecule has 1 saturated heterocycles. The molecule has 0 atom stereocenters. The number of rotatable bonds is 7. The first kappa shape index (κ1) is 20.8. The molecule has 0 unspecified atom stereocenters. The van der Waals surface area contributed by atoms with Gasteiger partial charge in [-0.1, -0.05) is 19.1 Å². The summed E-state index contributed by atoms with van der Waals surface area (Å²) < 4.78 is 1.57. The number of tetrazole rings is 1. The van der Waals surface area contributed by atoms with Crippen molar-refractivity contribution in [1.29, 1.82) is 0 Å². The molecule has 2 N–H and O–H groups in total. The number of hydrogen-bond donors (Lipinski definition) is 2. The molecule has 31 heavy (non-hydrogen) atoms. The Morgan fingerprint density at radius 2 is 1.94 bits per heavy atom. The lowest BCUT2D eigenvalue weighted by atomic mass is 10.0. The van der Waals surface area contributed by atoms with E-state index in [0.29, 0.717) is 11.8 Å². The number of hydroxylamine groups is 1. The van der Waals surface area contributed by atoms with E-state index in [1.54, 1.807) is 10.7 Å². The van der Waals surface area contributed by atoms with E-state index in [2.05, 4.69) is 50.3 Å². The highest BCUT2D eigenvalue weighted by molar-refractivity contribution is 5.75. The first-order chi connectivity index (χ1) is 15.1. The molecule has 1 aromatic heterocycles. The topological polar surface area (TPSA) is 97.2 Å². The predicted octanol–water partition coefficient (Wildman–Crippen LogP) is 2.66. The van der Waals surface area contributed by atoms with Crippen LogP contribution in [-0.2, 0) is 4.79 Å². The molecule has 0 saturated carbocycles. The molecule has 3 aromatic rings. The Bertz CT molecular complexity index is 997. The van der Waals surface area contributed by atoms with Crippen LogP contribution in [0.1, 0.15) is 26.7 Å². The molecular formula is C22H27N7O2. The van der Waals surface area contributed by atoms with Gasteiger partial charge in [0.05, 0.1) is 5.69 Å². The molecule has 2 heterocycles. The highest BCUT2D eigenvalue weighted by Gasteiger charge is 2.18. The second kappa shape index (κ2) is 9.57. The van der Waals surface area contributed by atoms with E-state index in [-0.39, 0.29) is 5.91 Å². The summed E-state index contributed by atoms with van der Waals surface area (Å²) in [6.45, 7) is 7.01. The maximum Gasteiger partial charge on any atom is 0.249 e. The van der Waals surface area contributed by atoms with Crippen molar-refractivity contribution >= 4 is 11.6 Å². The molecule has 2 aromatic carbocycles. The third-order valence-electron chi connectivity index (χ3n) is 5.48. The SMILES string of the molecule is CCN1CCC(Nc2ccc(-c3cc(-n4cnnn4)ccc3ONC(C)=O)cc2)CC1. The van der Waals surface area contributed by atoms with Crippen LogP contribution in [0.4, 0.5) is 5.69 Å². The van der Waals surface area contributed by atoms with Gasteiger partial charge in [-0.15, -0.1) is 5.10 Å². The fourth-order valence-corrected chi connectivity index (χ4v) is 3.76. The number of benzene rings is 2. The number of nitrogens with zero attached hydrogens (tertiary/aromatic N) is 5. The van der Waals surface area contributed by atoms with E-state index in [9.17, 15) is 4.79 Å². The Hall–Kier alpha value is -3.46. The van der Waals surface area contributed by atoms with Crippen molar-refractivity contribution in [3.05, 3.63) is 48.8 Å². The number of aromatic nitrogens is 4. The number of carbonyl (C=O) groups excluding carboxylic acids is 1. The molecule has 0 bridgehead atoms. The lowest BCUT2D eigenvalue weighted by Gasteiger charge is -2.32. The summed E-state index contributed by atoms with van der Waals surface area (Å²) in [6, 6.07) is 14.3. The number of piperidine rings is 1. The van der Waals surface area contributed by atoms with Gasteiger partial charge in [-0.25, -0.2) is 4.68 Å². The number of likely N-dealkylation sites (tertiary alicyclic amines) is 1. The fourth-order valence-electron chi connectivity index (χ4n) is 3.76. The van der Waals surface area contributed by atoms with E-state index >= 15 is 0 Å². The zero-order valence-corrected chi connectivity index (χ0v) is 17.8. The zero-order chi connectivity index (χ0) is 21.6. The number of anilines is 1. The summed E-state index contributed by atoms with van der Waals surface area (Å²) in [7, 11) is 0. The molecule has 0 spiro atoms. The van der Waals surface area contributed by atoms with Crippen LogP contribution >= 0.6 is 0 Å². The molecule has 4 rings (SSSR count). The van der Waals surface area contributed by atoms with Gasteiger partial charge in [-0.05, 0) is 65.7 Å². The molecule has 1 amide bonds. The van der Waals surface area contributed by atoms with Crippen LogP contribution in [0.2, 0.25) is 0 Å². The maximum atomic E-state index is 11.3. The molecule has 9 heteroatoms. The summed E-state index contributed by atoms with van der Waals surface area (Å²) in [5.41, 5.74) is 6.07. The zero-order valence-electron chi connectivity index (χ0n) is 17.8. The van der Waals surface area contributed by atoms with Gasteiger partial charge in [0, 0.05) is 37.3 Å². The Balaban J connectivity index is 1.54. The van der Waals surface area contributed by atoms with Crippen LogP contribution in [0, 0.1) is 0 Å². The number of hydrogen-bond acceptors (Lipinski definition) is 7. The third kappa shape index (κ3) is 5.18. The number of carbonyl (C=O) groups is 1. The molecule has 1 fully saturated rings. The van der Waals surface area contributed by atoms with E-state index in [1.165, 1.54) is 13.3 Å². The van der Waals surface area contributed by atoms with E-state index < -0.39 is 0 Å². The van der Waals surface area contributed by atoms with Crippen molar-refractivity contribution < 1.29 is 9.63 Å². The van der Waals surface area contributed by atoms with Crippen LogP contribution in [0.5, 0.6) is 5.75 Å². The summed E-state index contributed by atoms with van der Waals surface area (Å²) >= 11 is 0. The van der Waals surface area contributed by atoms with Crippen molar-refractivity contribution in [3.8, 4) is 22.6 Å². The van der Waals surface area contributed by atoms with Crippen molar-refractivity contribution in [2.75, 3.05) is 25.0 Å². The minimum Gasteiger partial charge on any atom is -0.382 e. The van der Waals surface area contributed by atoms with Crippen LogP contribution < -0.4 is 15.6 Å². The summed E-state index contributed by atoms with van der Waals surface area (Å²) in [4.78, 5) is 19.3. The Morgan fingerprint density at radius 1 is 1.16 bits per heavy atom. The van der Waals surface area contributed by atoms with Crippen LogP contribution in [0.15, 0.2) is 48.8 Å². The fraction of sp³-hybridized carbons (Fsp3) is 0.364. The monoisotopic (exact) mass is 421 g/mol. The number of amides is 1. The largest absolute Gasteiger partial charge is 0.382 e. The Kier molecular flexibility index (Phi) is 6.42. The van der Waals surface area contributed by atoms with Crippen molar-refractivity contribution in [2.24, 2.45) is 0 Å². The van der Waals surface area contributed by atoms with Crippen molar-refractivity contribution in [3.63, 3.8) is 0 Å². The quantitative estimate of drug-likeness (QED) is 0.566. The molecule has 1 aliphatic rings. The molecule has 1 aliphatic heterocycles. The summed E-state index contributed by atoms with van der Waals surface area (Å²) in [5, 5.41) is 15.0. The van der Waals surface area contributed by atoms with Gasteiger partial charge in [0.2, 0.25) is 5.91 Å². The highest BCUT2D eigenvalue weighted by atomic mass is 16.7. The molecule has 9 nitrogen and oxygen atoms in total. The van der Waals surface area contributed by atoms with Gasteiger partial charge >= 0.3 is 0 Å². The van der Waals surface area contributed by atoms with Gasteiger partial charge in [-0.3, -0.25) is 4.79 Å². The van der Waals surface area contributed by atoms with E-state index in [0.717, 1.165) is 55.0 Å². The minimum atomic E-state index is -0.274. The van der Waals surface area contributed by atoms with Crippen LogP contribution in [0.3, 0.4) is 0 Å². The molecule has 0 aliphatic carbocycles. The smallest absolute Gasteiger partial charge is 0.249 e. The number of nitrogens with one attached hydrogen (secondary N) is 2. The van der Waals surface area contributed by atoms with E-state index in [4.69, 9.17) is 4.84 Å². The Morgan fingerprint density at radius 3 is 2.58 bits per heavy atom. The predicted molar refractivity (Wildman–Crippen MR) is 118 cm³/mol. The highest BCUT2D eigenvalue weighted by Crippen LogP contribution is 2.32. The average Bonchev–Trinajstić information content (AvgIpc) is 3.34. The second-order valence-electron chi connectivity index (χ2n) is 7.63. The minimum absolute atomic E-state index is 0.274. The third-order valence-corrected chi connectivity index (χ3v) is 5.48. The van der Waals surface area contributed by atoms with E-state index in [1.807, 2.05) is 24.3 Å². The maximum absolute atomic E-state index is 11.3. The molecule has 0 radical (unpaired) electrons. The standard InChI is InChI=1S/C22H27N7O2/c1-3-28-12-10-19(11-13-28)24-18-6-4-17(5-7-18)21-14-20(29-15-23-26-27-29)8-9-22(21)31-25-16(2)30/h4-9,14-15,19,24H,3,10-13H2,1-2H3,(H,25,30). The summed E-state index contributed by atoms with van der Waals surface area (Å²) in [5.74, 6) is 0.267. The first-order valence-electron chi connectivity index (χ1n) is 10.5. The van der Waals surface area contributed by atoms with Gasteiger partial charge in [0.1, 0.15) is 6.33 Å². The average molecular weight is 422 g/mol. The van der Waals surface area contributed by atoms with Crippen molar-refractivity contribution in [1.82, 2.24) is 30.6 Å². The van der Waals surface area contributed by atoms with Crippen molar-refractivity contribution in [2.45, 2.75) is 32.7 Å². The normalized spacial score (nSPS) is 14.9. The molecular weight excluding hydrogens is 394 g/mol. The van der Waals surface area contributed by atoms with Crippen LogP contribution in [-0.4, -0.2) is 56.7 Å². The van der Waals surface area contributed by atoms with Crippen LogP contribution in [0.25, 0.3) is 16.8 Å². The van der Waals surface area contributed by atoms with Gasteiger partial charge in [-0.2, -0.15) is 5.48 Å². The van der Waals surface area contributed by atoms with Gasteiger partial charge in [0.15, 0.2) is 5.75 Å². The van der Waals surface area contributed by atoms with Gasteiger partial charge in [0.25, 0.3) is 0 Å². The Labute approximate surface area is 181 Å². The second-order valence-corrected chi connectivity index (χ2v) is 7.63. The lowest BCUT2D eigenvalue weighted by molar-refractivity contribution is -0.125. The van der Waals surface area contributed by atoms with Gasteiger partial charge < -0.3 is 15.1 Å². The summed E-state index contributed by atoms with van der Waals surface area (Å²) in [6.07, 6.45) is 3.83. The first-order valence-corrected chi connectivity index (χ1v) is 10.5.